The number of rotatable bonds is 3. The predicted octanol–water partition coefficient (Wildman–Crippen LogP) is 4.94. The van der Waals surface area contributed by atoms with E-state index in [4.69, 9.17) is 0 Å². The van der Waals surface area contributed by atoms with E-state index in [9.17, 15) is 0 Å². The predicted molar refractivity (Wildman–Crippen MR) is 68.6 cm³/mol. The highest BCUT2D eigenvalue weighted by molar-refractivity contribution is 9.11. The van der Waals surface area contributed by atoms with Crippen molar-refractivity contribution in [1.29, 1.82) is 0 Å². The van der Waals surface area contributed by atoms with Gasteiger partial charge in [-0.3, -0.25) is 0 Å². The van der Waals surface area contributed by atoms with Gasteiger partial charge in [0, 0.05) is 10.2 Å². The smallest absolute Gasteiger partial charge is 0.0704 e. The summed E-state index contributed by atoms with van der Waals surface area (Å²) in [7, 11) is 0. The van der Waals surface area contributed by atoms with Gasteiger partial charge in [0.2, 0.25) is 0 Å². The highest BCUT2D eigenvalue weighted by atomic mass is 79.9. The summed E-state index contributed by atoms with van der Waals surface area (Å²) in [6.45, 7) is 4.44. The van der Waals surface area contributed by atoms with Gasteiger partial charge in [0.05, 0.1) is 3.79 Å². The molecule has 0 radical (unpaired) electrons. The summed E-state index contributed by atoms with van der Waals surface area (Å²) in [6.07, 6.45) is 2.26. The van der Waals surface area contributed by atoms with Crippen LogP contribution in [0.4, 0.5) is 0 Å². The van der Waals surface area contributed by atoms with E-state index in [1.807, 2.05) is 0 Å². The molecule has 1 rings (SSSR count). The first-order valence-electron chi connectivity index (χ1n) is 4.15. The number of alkyl halides is 1. The van der Waals surface area contributed by atoms with Crippen molar-refractivity contribution in [3.05, 3.63) is 26.4 Å². The zero-order valence-corrected chi connectivity index (χ0v) is 11.7. The lowest BCUT2D eigenvalue weighted by Gasteiger charge is -2.06. The summed E-state index contributed by atoms with van der Waals surface area (Å²) in [5.41, 5.74) is 1.44. The van der Waals surface area contributed by atoms with Crippen molar-refractivity contribution in [3.8, 4) is 0 Å². The van der Waals surface area contributed by atoms with Crippen LogP contribution in [0.3, 0.4) is 0 Å². The van der Waals surface area contributed by atoms with E-state index >= 15 is 0 Å². The van der Waals surface area contributed by atoms with Crippen molar-refractivity contribution in [2.75, 3.05) is 5.33 Å². The molecule has 0 fully saturated rings. The molecule has 0 bridgehead atoms. The minimum Gasteiger partial charge on any atom is -0.129 e. The molecule has 0 unspecified atom stereocenters. The summed E-state index contributed by atoms with van der Waals surface area (Å²) in [5, 5.41) is 0.959. The summed E-state index contributed by atoms with van der Waals surface area (Å²) in [6, 6.07) is 4.22. The number of thiophene rings is 1. The van der Waals surface area contributed by atoms with Crippen molar-refractivity contribution in [3.63, 3.8) is 0 Å². The maximum Gasteiger partial charge on any atom is 0.0704 e. The third kappa shape index (κ3) is 3.56. The molecule has 0 amide bonds. The molecule has 1 aromatic rings. The zero-order valence-electron chi connectivity index (χ0n) is 7.68. The lowest BCUT2D eigenvalue weighted by molar-refractivity contribution is 0.781. The third-order valence-corrected chi connectivity index (χ3v) is 4.04. The van der Waals surface area contributed by atoms with Gasteiger partial charge in [0.15, 0.2) is 0 Å². The molecule has 1 heterocycles. The van der Waals surface area contributed by atoms with Crippen LogP contribution in [-0.2, 0) is 0 Å². The van der Waals surface area contributed by atoms with Gasteiger partial charge < -0.3 is 0 Å². The molecule has 0 N–H and O–H groups in total. The minimum absolute atomic E-state index is 0.611. The van der Waals surface area contributed by atoms with Crippen molar-refractivity contribution < 1.29 is 0 Å². The van der Waals surface area contributed by atoms with Gasteiger partial charge in [-0.2, -0.15) is 0 Å². The fraction of sp³-hybridized carbons (Fsp3) is 0.400. The normalized spacial score (nSPS) is 12.5. The molecule has 0 spiro atoms. The molecule has 72 valence electrons. The Morgan fingerprint density at radius 2 is 2.23 bits per heavy atom. The van der Waals surface area contributed by atoms with Gasteiger partial charge in [-0.25, -0.2) is 0 Å². The molecule has 0 atom stereocenters. The standard InChI is InChI=1S/C10H12Br2S/c1-7(2)8(6-11)5-9-3-4-10(12)13-9/h3-5,7H,6H2,1-2H3. The topological polar surface area (TPSA) is 0 Å². The molecule has 13 heavy (non-hydrogen) atoms. The van der Waals surface area contributed by atoms with Gasteiger partial charge in [0.1, 0.15) is 0 Å². The molecule has 0 saturated carbocycles. The largest absolute Gasteiger partial charge is 0.129 e. The van der Waals surface area contributed by atoms with Crippen LogP contribution in [0, 0.1) is 5.92 Å². The third-order valence-electron chi connectivity index (χ3n) is 1.82. The number of allylic oxidation sites excluding steroid dienone is 1. The fourth-order valence-corrected chi connectivity index (χ4v) is 3.16. The minimum atomic E-state index is 0.611. The molecule has 0 aliphatic carbocycles. The molecule has 0 nitrogen and oxygen atoms in total. The summed E-state index contributed by atoms with van der Waals surface area (Å²) >= 11 is 8.73. The quantitative estimate of drug-likeness (QED) is 0.691. The van der Waals surface area contributed by atoms with Crippen LogP contribution >= 0.6 is 43.2 Å². The van der Waals surface area contributed by atoms with E-state index in [0.717, 1.165) is 5.33 Å². The average Bonchev–Trinajstić information content (AvgIpc) is 2.46. The van der Waals surface area contributed by atoms with Crippen LogP contribution in [-0.4, -0.2) is 5.33 Å². The van der Waals surface area contributed by atoms with E-state index in [0.29, 0.717) is 5.92 Å². The van der Waals surface area contributed by atoms with E-state index < -0.39 is 0 Å². The number of hydrogen-bond donors (Lipinski definition) is 0. The SMILES string of the molecule is CC(C)C(=Cc1ccc(Br)s1)CBr. The van der Waals surface area contributed by atoms with Crippen LogP contribution < -0.4 is 0 Å². The number of halogens is 2. The Labute approximate surface area is 100 Å². The molecule has 0 saturated heterocycles. The Balaban J connectivity index is 2.84. The second kappa shape index (κ2) is 5.32. The van der Waals surface area contributed by atoms with Crippen LogP contribution in [0.5, 0.6) is 0 Å². The molecular weight excluding hydrogens is 312 g/mol. The highest BCUT2D eigenvalue weighted by Crippen LogP contribution is 2.26. The van der Waals surface area contributed by atoms with Gasteiger partial charge >= 0.3 is 0 Å². The monoisotopic (exact) mass is 322 g/mol. The van der Waals surface area contributed by atoms with Gasteiger partial charge in [-0.05, 0) is 40.1 Å². The number of hydrogen-bond acceptors (Lipinski definition) is 1. The molecule has 3 heteroatoms. The van der Waals surface area contributed by atoms with Crippen LogP contribution in [0.25, 0.3) is 6.08 Å². The Morgan fingerprint density at radius 1 is 1.54 bits per heavy atom. The fourth-order valence-electron chi connectivity index (χ4n) is 0.948. The van der Waals surface area contributed by atoms with Crippen molar-refractivity contribution in [2.24, 2.45) is 5.92 Å². The van der Waals surface area contributed by atoms with Crippen LogP contribution in [0.2, 0.25) is 0 Å². The Bertz CT molecular complexity index is 300. The average molecular weight is 324 g/mol. The van der Waals surface area contributed by atoms with Gasteiger partial charge in [-0.1, -0.05) is 35.4 Å². The van der Waals surface area contributed by atoms with Crippen molar-refractivity contribution in [1.82, 2.24) is 0 Å². The molecule has 0 aromatic carbocycles. The van der Waals surface area contributed by atoms with Gasteiger partial charge in [-0.15, -0.1) is 11.3 Å². The van der Waals surface area contributed by atoms with E-state index in [2.05, 4.69) is 63.9 Å². The van der Waals surface area contributed by atoms with Crippen LogP contribution in [0.15, 0.2) is 21.5 Å². The maximum atomic E-state index is 3.51. The van der Waals surface area contributed by atoms with Crippen molar-refractivity contribution in [2.45, 2.75) is 13.8 Å². The first kappa shape index (κ1) is 11.5. The second-order valence-corrected chi connectivity index (χ2v) is 6.20. The second-order valence-electron chi connectivity index (χ2n) is 3.15. The summed E-state index contributed by atoms with van der Waals surface area (Å²) < 4.78 is 1.19. The molecular formula is C10H12Br2S. The van der Waals surface area contributed by atoms with E-state index in [1.54, 1.807) is 11.3 Å². The Kier molecular flexibility index (Phi) is 4.70. The Morgan fingerprint density at radius 3 is 2.62 bits per heavy atom. The highest BCUT2D eigenvalue weighted by Gasteiger charge is 2.02. The maximum absolute atomic E-state index is 3.51. The Hall–Kier alpha value is 0.400. The first-order valence-corrected chi connectivity index (χ1v) is 6.88. The first-order chi connectivity index (χ1) is 6.13. The van der Waals surface area contributed by atoms with Gasteiger partial charge in [0.25, 0.3) is 0 Å². The van der Waals surface area contributed by atoms with Crippen molar-refractivity contribution >= 4 is 49.3 Å². The van der Waals surface area contributed by atoms with E-state index in [-0.39, 0.29) is 0 Å². The van der Waals surface area contributed by atoms with Crippen LogP contribution in [0.1, 0.15) is 18.7 Å². The summed E-state index contributed by atoms with van der Waals surface area (Å²) in [4.78, 5) is 1.31. The van der Waals surface area contributed by atoms with E-state index in [1.165, 1.54) is 14.2 Å². The molecule has 1 aromatic heterocycles. The summed E-state index contributed by atoms with van der Waals surface area (Å²) in [5.74, 6) is 0.611. The lowest BCUT2D eigenvalue weighted by Crippen LogP contribution is -1.93. The zero-order chi connectivity index (χ0) is 9.84. The molecule has 0 aliphatic heterocycles. The lowest BCUT2D eigenvalue weighted by atomic mass is 10.1. The molecule has 0 aliphatic rings.